The molecule has 0 amide bonds. The van der Waals surface area contributed by atoms with Crippen LogP contribution >= 0.6 is 11.6 Å². The molecule has 0 spiro atoms. The van der Waals surface area contributed by atoms with Gasteiger partial charge in [0.1, 0.15) is 17.3 Å². The van der Waals surface area contributed by atoms with E-state index >= 15 is 0 Å². The Labute approximate surface area is 171 Å². The summed E-state index contributed by atoms with van der Waals surface area (Å²) in [5.74, 6) is 1.74. The molecule has 3 rings (SSSR count). The van der Waals surface area contributed by atoms with Crippen molar-refractivity contribution in [2.45, 2.75) is 40.5 Å². The third kappa shape index (κ3) is 4.79. The van der Waals surface area contributed by atoms with Crippen molar-refractivity contribution in [3.63, 3.8) is 0 Å². The van der Waals surface area contributed by atoms with Crippen LogP contribution in [0, 0.1) is 27.7 Å². The molecule has 0 unspecified atom stereocenters. The summed E-state index contributed by atoms with van der Waals surface area (Å²) in [7, 11) is 0. The minimum absolute atomic E-state index is 0.180. The fourth-order valence-corrected chi connectivity index (χ4v) is 3.22. The summed E-state index contributed by atoms with van der Waals surface area (Å²) in [6.07, 6.45) is 2.56. The maximum absolute atomic E-state index is 12.5. The first-order valence-corrected chi connectivity index (χ1v) is 9.67. The lowest BCUT2D eigenvalue weighted by molar-refractivity contribution is -0.117. The Morgan fingerprint density at radius 2 is 1.75 bits per heavy atom. The van der Waals surface area contributed by atoms with Crippen LogP contribution in [0.3, 0.4) is 0 Å². The molecule has 0 saturated heterocycles. The molecule has 2 aromatic carbocycles. The van der Waals surface area contributed by atoms with Crippen LogP contribution in [0.15, 0.2) is 48.7 Å². The number of aromatic nitrogens is 1. The number of hydrogen-bond donors (Lipinski definition) is 0. The van der Waals surface area contributed by atoms with Gasteiger partial charge in [-0.05, 0) is 74.2 Å². The van der Waals surface area contributed by atoms with Crippen LogP contribution < -0.4 is 4.74 Å². The summed E-state index contributed by atoms with van der Waals surface area (Å²) in [5, 5.41) is 0.724. The standard InChI is InChI=1S/C24H24ClNO2/c1-15-12-22(28-24-9-10-26-18(4)17(24)3)7-6-20(15)14-21(27)13-19-5-8-23(25)16(2)11-19/h5-12H,13-14H2,1-4H3. The zero-order chi connectivity index (χ0) is 20.3. The number of Topliss-reactive ketones (excluding diaryl/α,β-unsaturated/α-hetero) is 1. The molecule has 0 saturated carbocycles. The van der Waals surface area contributed by atoms with E-state index in [1.165, 1.54) is 0 Å². The molecular weight excluding hydrogens is 370 g/mol. The van der Waals surface area contributed by atoms with E-state index in [-0.39, 0.29) is 5.78 Å². The number of benzene rings is 2. The van der Waals surface area contributed by atoms with Crippen LogP contribution in [-0.4, -0.2) is 10.8 Å². The fourth-order valence-electron chi connectivity index (χ4n) is 3.10. The van der Waals surface area contributed by atoms with Crippen molar-refractivity contribution in [3.05, 3.63) is 87.2 Å². The van der Waals surface area contributed by atoms with Gasteiger partial charge in [0.15, 0.2) is 0 Å². The number of ether oxygens (including phenoxy) is 1. The zero-order valence-corrected chi connectivity index (χ0v) is 17.4. The van der Waals surface area contributed by atoms with Gasteiger partial charge >= 0.3 is 0 Å². The van der Waals surface area contributed by atoms with Gasteiger partial charge in [-0.25, -0.2) is 0 Å². The van der Waals surface area contributed by atoms with Gasteiger partial charge in [-0.1, -0.05) is 29.8 Å². The van der Waals surface area contributed by atoms with Crippen molar-refractivity contribution >= 4 is 17.4 Å². The first kappa shape index (κ1) is 20.1. The number of hydrogen-bond acceptors (Lipinski definition) is 3. The second-order valence-electron chi connectivity index (χ2n) is 7.19. The first-order chi connectivity index (χ1) is 13.3. The van der Waals surface area contributed by atoms with Crippen molar-refractivity contribution in [2.75, 3.05) is 0 Å². The molecule has 1 heterocycles. The lowest BCUT2D eigenvalue weighted by Crippen LogP contribution is -2.08. The summed E-state index contributed by atoms with van der Waals surface area (Å²) in [4.78, 5) is 16.8. The van der Waals surface area contributed by atoms with E-state index in [9.17, 15) is 4.79 Å². The van der Waals surface area contributed by atoms with Crippen molar-refractivity contribution in [1.29, 1.82) is 0 Å². The van der Waals surface area contributed by atoms with E-state index < -0.39 is 0 Å². The predicted octanol–water partition coefficient (Wildman–Crippen LogP) is 6.12. The summed E-state index contributed by atoms with van der Waals surface area (Å²) in [6.45, 7) is 7.91. The second kappa shape index (κ2) is 8.57. The minimum Gasteiger partial charge on any atom is -0.457 e. The Morgan fingerprint density at radius 3 is 2.46 bits per heavy atom. The Bertz CT molecular complexity index is 1030. The van der Waals surface area contributed by atoms with Crippen LogP contribution in [0.1, 0.15) is 33.5 Å². The van der Waals surface area contributed by atoms with Gasteiger partial charge < -0.3 is 4.74 Å². The number of carbonyl (C=O) groups is 1. The van der Waals surface area contributed by atoms with Gasteiger partial charge in [0.05, 0.1) is 0 Å². The maximum Gasteiger partial charge on any atom is 0.141 e. The topological polar surface area (TPSA) is 39.2 Å². The number of pyridine rings is 1. The van der Waals surface area contributed by atoms with Crippen molar-refractivity contribution in [3.8, 4) is 11.5 Å². The smallest absolute Gasteiger partial charge is 0.141 e. The van der Waals surface area contributed by atoms with Gasteiger partial charge in [0, 0.05) is 35.3 Å². The van der Waals surface area contributed by atoms with Gasteiger partial charge in [0.2, 0.25) is 0 Å². The highest BCUT2D eigenvalue weighted by molar-refractivity contribution is 6.31. The van der Waals surface area contributed by atoms with Crippen LogP contribution in [0.2, 0.25) is 5.02 Å². The molecule has 0 aliphatic heterocycles. The van der Waals surface area contributed by atoms with Crippen LogP contribution in [-0.2, 0) is 17.6 Å². The first-order valence-electron chi connectivity index (χ1n) is 9.30. The Hall–Kier alpha value is -2.65. The summed E-state index contributed by atoms with van der Waals surface area (Å²) in [5.41, 5.74) is 6.03. The summed E-state index contributed by atoms with van der Waals surface area (Å²) >= 11 is 6.06. The highest BCUT2D eigenvalue weighted by Gasteiger charge is 2.10. The van der Waals surface area contributed by atoms with Crippen molar-refractivity contribution < 1.29 is 9.53 Å². The average Bonchev–Trinajstić information content (AvgIpc) is 2.64. The highest BCUT2D eigenvalue weighted by atomic mass is 35.5. The summed E-state index contributed by atoms with van der Waals surface area (Å²) in [6, 6.07) is 13.5. The normalized spacial score (nSPS) is 10.8. The van der Waals surface area contributed by atoms with E-state index in [1.54, 1.807) is 6.20 Å². The number of rotatable bonds is 6. The number of ketones is 1. The number of nitrogens with zero attached hydrogens (tertiary/aromatic N) is 1. The minimum atomic E-state index is 0.180. The van der Waals surface area contributed by atoms with Gasteiger partial charge in [-0.2, -0.15) is 0 Å². The molecule has 0 fully saturated rings. The molecule has 1 aromatic heterocycles. The van der Waals surface area contributed by atoms with Crippen LogP contribution in [0.4, 0.5) is 0 Å². The number of halogens is 1. The van der Waals surface area contributed by atoms with Crippen molar-refractivity contribution in [1.82, 2.24) is 4.98 Å². The molecule has 3 aromatic rings. The largest absolute Gasteiger partial charge is 0.457 e. The third-order valence-electron chi connectivity index (χ3n) is 4.96. The van der Waals surface area contributed by atoms with E-state index in [4.69, 9.17) is 16.3 Å². The second-order valence-corrected chi connectivity index (χ2v) is 7.59. The van der Waals surface area contributed by atoms with Crippen molar-refractivity contribution in [2.24, 2.45) is 0 Å². The van der Waals surface area contributed by atoms with Crippen LogP contribution in [0.25, 0.3) is 0 Å². The Balaban J connectivity index is 1.69. The monoisotopic (exact) mass is 393 g/mol. The molecule has 4 heteroatoms. The van der Waals surface area contributed by atoms with E-state index in [1.807, 2.05) is 70.2 Å². The third-order valence-corrected chi connectivity index (χ3v) is 5.38. The molecule has 144 valence electrons. The van der Waals surface area contributed by atoms with Gasteiger partial charge in [0.25, 0.3) is 0 Å². The predicted molar refractivity (Wildman–Crippen MR) is 114 cm³/mol. The number of carbonyl (C=O) groups excluding carboxylic acids is 1. The van der Waals surface area contributed by atoms with E-state index in [0.29, 0.717) is 12.8 Å². The molecule has 0 radical (unpaired) electrons. The highest BCUT2D eigenvalue weighted by Crippen LogP contribution is 2.27. The molecule has 0 N–H and O–H groups in total. The van der Waals surface area contributed by atoms with Gasteiger partial charge in [-0.15, -0.1) is 0 Å². The quantitative estimate of drug-likeness (QED) is 0.506. The van der Waals surface area contributed by atoms with E-state index in [2.05, 4.69) is 4.98 Å². The maximum atomic E-state index is 12.5. The molecule has 0 bridgehead atoms. The zero-order valence-electron chi connectivity index (χ0n) is 16.7. The molecule has 3 nitrogen and oxygen atoms in total. The summed E-state index contributed by atoms with van der Waals surface area (Å²) < 4.78 is 6.01. The lowest BCUT2D eigenvalue weighted by Gasteiger charge is -2.12. The molecule has 0 atom stereocenters. The molecule has 28 heavy (non-hydrogen) atoms. The Kier molecular flexibility index (Phi) is 6.15. The molecular formula is C24H24ClNO2. The fraction of sp³-hybridized carbons (Fsp3) is 0.250. The van der Waals surface area contributed by atoms with Crippen LogP contribution in [0.5, 0.6) is 11.5 Å². The average molecular weight is 394 g/mol. The Morgan fingerprint density at radius 1 is 0.964 bits per heavy atom. The SMILES string of the molecule is Cc1cc(CC(=O)Cc2ccc(Oc3ccnc(C)c3C)cc2C)ccc1Cl. The number of aryl methyl sites for hydroxylation is 3. The van der Waals surface area contributed by atoms with E-state index in [0.717, 1.165) is 50.0 Å². The molecule has 0 aliphatic rings. The molecule has 0 aliphatic carbocycles. The lowest BCUT2D eigenvalue weighted by atomic mass is 9.98. The van der Waals surface area contributed by atoms with Gasteiger partial charge in [-0.3, -0.25) is 9.78 Å².